The highest BCUT2D eigenvalue weighted by atomic mass is 35.5. The average Bonchev–Trinajstić information content (AvgIpc) is 2.61. The molecule has 1 aromatic heterocycles. The monoisotopic (exact) mass is 236 g/mol. The lowest BCUT2D eigenvalue weighted by Crippen LogP contribution is -2.02. The highest BCUT2D eigenvalue weighted by molar-refractivity contribution is 6.30. The van der Waals surface area contributed by atoms with E-state index >= 15 is 0 Å². The van der Waals surface area contributed by atoms with Crippen LogP contribution in [0.4, 0.5) is 0 Å². The van der Waals surface area contributed by atoms with Gasteiger partial charge in [-0.15, -0.1) is 0 Å². The van der Waals surface area contributed by atoms with Crippen LogP contribution in [0.2, 0.25) is 5.15 Å². The van der Waals surface area contributed by atoms with E-state index in [4.69, 9.17) is 16.7 Å². The SMILES string of the molecule is Cc1ccccc1-n1nc(C(=O)O)cc1Cl. The Morgan fingerprint density at radius 1 is 1.44 bits per heavy atom. The molecule has 1 N–H and O–H groups in total. The highest BCUT2D eigenvalue weighted by Crippen LogP contribution is 2.19. The van der Waals surface area contributed by atoms with Crippen molar-refractivity contribution in [2.24, 2.45) is 0 Å². The second-order valence-corrected chi connectivity index (χ2v) is 3.74. The molecule has 4 nitrogen and oxygen atoms in total. The highest BCUT2D eigenvalue weighted by Gasteiger charge is 2.13. The number of nitrogens with zero attached hydrogens (tertiary/aromatic N) is 2. The van der Waals surface area contributed by atoms with Crippen molar-refractivity contribution < 1.29 is 9.90 Å². The van der Waals surface area contributed by atoms with E-state index in [1.807, 2.05) is 31.2 Å². The van der Waals surface area contributed by atoms with Gasteiger partial charge < -0.3 is 5.11 Å². The van der Waals surface area contributed by atoms with Gasteiger partial charge in [-0.3, -0.25) is 0 Å². The molecule has 0 unspecified atom stereocenters. The van der Waals surface area contributed by atoms with Gasteiger partial charge in [0.05, 0.1) is 5.69 Å². The van der Waals surface area contributed by atoms with Crippen molar-refractivity contribution in [3.63, 3.8) is 0 Å². The quantitative estimate of drug-likeness (QED) is 0.872. The summed E-state index contributed by atoms with van der Waals surface area (Å²) < 4.78 is 1.42. The van der Waals surface area contributed by atoms with Crippen molar-refractivity contribution in [1.82, 2.24) is 9.78 Å². The van der Waals surface area contributed by atoms with Crippen LogP contribution >= 0.6 is 11.6 Å². The molecular weight excluding hydrogens is 228 g/mol. The summed E-state index contributed by atoms with van der Waals surface area (Å²) in [7, 11) is 0. The van der Waals surface area contributed by atoms with Crippen molar-refractivity contribution in [2.75, 3.05) is 0 Å². The minimum atomic E-state index is -1.09. The van der Waals surface area contributed by atoms with Crippen LogP contribution in [0.15, 0.2) is 30.3 Å². The normalized spacial score (nSPS) is 10.4. The Bertz CT molecular complexity index is 549. The lowest BCUT2D eigenvalue weighted by molar-refractivity contribution is 0.0690. The summed E-state index contributed by atoms with van der Waals surface area (Å²) in [6, 6.07) is 8.82. The number of para-hydroxylation sites is 1. The molecule has 0 aliphatic carbocycles. The fourth-order valence-electron chi connectivity index (χ4n) is 1.43. The number of hydrogen-bond acceptors (Lipinski definition) is 2. The molecular formula is C11H9ClN2O2. The van der Waals surface area contributed by atoms with E-state index in [-0.39, 0.29) is 10.8 Å². The Labute approximate surface area is 97.1 Å². The first-order valence-corrected chi connectivity index (χ1v) is 5.02. The lowest BCUT2D eigenvalue weighted by atomic mass is 10.2. The van der Waals surface area contributed by atoms with Crippen LogP contribution < -0.4 is 0 Å². The van der Waals surface area contributed by atoms with Crippen LogP contribution in [-0.4, -0.2) is 20.9 Å². The number of halogens is 1. The molecule has 82 valence electrons. The van der Waals surface area contributed by atoms with Crippen LogP contribution in [0.25, 0.3) is 5.69 Å². The van der Waals surface area contributed by atoms with Crippen molar-refractivity contribution in [1.29, 1.82) is 0 Å². The van der Waals surface area contributed by atoms with Crippen molar-refractivity contribution >= 4 is 17.6 Å². The van der Waals surface area contributed by atoms with Gasteiger partial charge in [0.25, 0.3) is 0 Å². The second-order valence-electron chi connectivity index (χ2n) is 3.36. The fraction of sp³-hybridized carbons (Fsp3) is 0.0909. The molecule has 0 fully saturated rings. The van der Waals surface area contributed by atoms with Crippen molar-refractivity contribution in [3.8, 4) is 5.69 Å². The Morgan fingerprint density at radius 3 is 2.69 bits per heavy atom. The maximum atomic E-state index is 10.7. The van der Waals surface area contributed by atoms with Crippen LogP contribution in [-0.2, 0) is 0 Å². The first kappa shape index (κ1) is 10.7. The molecule has 0 saturated heterocycles. The third-order valence-corrected chi connectivity index (χ3v) is 2.50. The van der Waals surface area contributed by atoms with E-state index in [1.165, 1.54) is 10.7 Å². The summed E-state index contributed by atoms with van der Waals surface area (Å²) in [6.07, 6.45) is 0. The average molecular weight is 237 g/mol. The third-order valence-electron chi connectivity index (χ3n) is 2.23. The molecule has 0 amide bonds. The number of carboxylic acid groups (broad SMARTS) is 1. The minimum absolute atomic E-state index is 0.0618. The molecule has 0 atom stereocenters. The van der Waals surface area contributed by atoms with E-state index in [1.54, 1.807) is 0 Å². The van der Waals surface area contributed by atoms with Crippen LogP contribution in [0.3, 0.4) is 0 Å². The van der Waals surface area contributed by atoms with Crippen molar-refractivity contribution in [2.45, 2.75) is 6.92 Å². The van der Waals surface area contributed by atoms with E-state index in [9.17, 15) is 4.79 Å². The molecule has 2 rings (SSSR count). The summed E-state index contributed by atoms with van der Waals surface area (Å²) in [5.41, 5.74) is 1.69. The standard InChI is InChI=1S/C11H9ClN2O2/c1-7-4-2-3-5-9(7)14-10(12)6-8(13-14)11(15)16/h2-6H,1H3,(H,15,16). The minimum Gasteiger partial charge on any atom is -0.476 e. The number of carboxylic acids is 1. The zero-order valence-electron chi connectivity index (χ0n) is 8.51. The Morgan fingerprint density at radius 2 is 2.12 bits per heavy atom. The van der Waals surface area contributed by atoms with Gasteiger partial charge in [-0.05, 0) is 18.6 Å². The van der Waals surface area contributed by atoms with Gasteiger partial charge >= 0.3 is 5.97 Å². The molecule has 0 saturated carbocycles. The third kappa shape index (κ3) is 1.79. The van der Waals surface area contributed by atoms with E-state index in [2.05, 4.69) is 5.10 Å². The second kappa shape index (κ2) is 3.98. The molecule has 5 heteroatoms. The first-order chi connectivity index (χ1) is 7.59. The molecule has 16 heavy (non-hydrogen) atoms. The topological polar surface area (TPSA) is 55.1 Å². The predicted octanol–water partition coefficient (Wildman–Crippen LogP) is 2.53. The maximum absolute atomic E-state index is 10.7. The summed E-state index contributed by atoms with van der Waals surface area (Å²) in [5.74, 6) is -1.09. The fourth-order valence-corrected chi connectivity index (χ4v) is 1.67. The van der Waals surface area contributed by atoms with Gasteiger partial charge in [-0.25, -0.2) is 9.48 Å². The Hall–Kier alpha value is -1.81. The van der Waals surface area contributed by atoms with Crippen LogP contribution in [0.1, 0.15) is 16.1 Å². The number of hydrogen-bond donors (Lipinski definition) is 1. The van der Waals surface area contributed by atoms with E-state index in [0.29, 0.717) is 0 Å². The predicted molar refractivity (Wildman–Crippen MR) is 60.3 cm³/mol. The zero-order valence-corrected chi connectivity index (χ0v) is 9.27. The van der Waals surface area contributed by atoms with Gasteiger partial charge in [-0.2, -0.15) is 5.10 Å². The number of aromatic carboxylic acids is 1. The van der Waals surface area contributed by atoms with Gasteiger partial charge in [0.15, 0.2) is 5.69 Å². The first-order valence-electron chi connectivity index (χ1n) is 4.64. The van der Waals surface area contributed by atoms with Crippen molar-refractivity contribution in [3.05, 3.63) is 46.7 Å². The van der Waals surface area contributed by atoms with Crippen LogP contribution in [0.5, 0.6) is 0 Å². The summed E-state index contributed by atoms with van der Waals surface area (Å²) >= 11 is 5.93. The van der Waals surface area contributed by atoms with E-state index in [0.717, 1.165) is 11.3 Å². The van der Waals surface area contributed by atoms with Gasteiger partial charge in [0.2, 0.25) is 0 Å². The van der Waals surface area contributed by atoms with Gasteiger partial charge in [0, 0.05) is 6.07 Å². The zero-order chi connectivity index (χ0) is 11.7. The molecule has 1 heterocycles. The van der Waals surface area contributed by atoms with E-state index < -0.39 is 5.97 Å². The summed E-state index contributed by atoms with van der Waals surface area (Å²) in [6.45, 7) is 1.91. The van der Waals surface area contributed by atoms with Gasteiger partial charge in [0.1, 0.15) is 5.15 Å². The molecule has 0 radical (unpaired) electrons. The number of benzene rings is 1. The summed E-state index contributed by atoms with van der Waals surface area (Å²) in [4.78, 5) is 10.7. The number of rotatable bonds is 2. The van der Waals surface area contributed by atoms with Gasteiger partial charge in [-0.1, -0.05) is 29.8 Å². The maximum Gasteiger partial charge on any atom is 0.356 e. The molecule has 1 aromatic carbocycles. The molecule has 0 spiro atoms. The molecule has 0 aliphatic heterocycles. The van der Waals surface area contributed by atoms with Crippen LogP contribution in [0, 0.1) is 6.92 Å². The molecule has 2 aromatic rings. The smallest absolute Gasteiger partial charge is 0.356 e. The Balaban J connectivity index is 2.57. The lowest BCUT2D eigenvalue weighted by Gasteiger charge is -2.05. The number of aryl methyl sites for hydroxylation is 1. The molecule has 0 aliphatic rings. The molecule has 0 bridgehead atoms. The number of carbonyl (C=O) groups is 1. The largest absolute Gasteiger partial charge is 0.476 e. The number of aromatic nitrogens is 2. The Kier molecular flexibility index (Phi) is 2.66. The summed E-state index contributed by atoms with van der Waals surface area (Å²) in [5, 5.41) is 13.0.